The number of carboxylic acids is 1. The van der Waals surface area contributed by atoms with E-state index >= 15 is 0 Å². The van der Waals surface area contributed by atoms with E-state index < -0.39 is 12.0 Å². The molecule has 0 aliphatic carbocycles. The molecule has 1 aliphatic rings. The fraction of sp³-hybridized carbons (Fsp3) is 0.286. The van der Waals surface area contributed by atoms with Crippen LogP contribution in [0.5, 0.6) is 5.75 Å². The zero-order valence-corrected chi connectivity index (χ0v) is 19.9. The van der Waals surface area contributed by atoms with Crippen molar-refractivity contribution in [1.82, 2.24) is 10.2 Å². The second kappa shape index (κ2) is 10.7. The smallest absolute Gasteiger partial charge is 0.335 e. The lowest BCUT2D eigenvalue weighted by Gasteiger charge is -2.35. The first kappa shape index (κ1) is 24.4. The molecule has 2 atom stereocenters. The molecule has 7 heteroatoms. The average molecular weight is 475 g/mol. The first-order chi connectivity index (χ1) is 16.8. The van der Waals surface area contributed by atoms with Gasteiger partial charge in [0, 0.05) is 13.1 Å². The first-order valence-corrected chi connectivity index (χ1v) is 11.7. The monoisotopic (exact) mass is 474 g/mol. The molecule has 0 radical (unpaired) electrons. The lowest BCUT2D eigenvalue weighted by Crippen LogP contribution is -2.53. The molecule has 1 amide bonds. The van der Waals surface area contributed by atoms with E-state index in [2.05, 4.69) is 22.3 Å². The highest BCUT2D eigenvalue weighted by atomic mass is 16.5. The molecule has 1 saturated heterocycles. The Bertz CT molecular complexity index is 1210. The van der Waals surface area contributed by atoms with Crippen LogP contribution in [0.2, 0.25) is 0 Å². The van der Waals surface area contributed by atoms with Crippen LogP contribution in [-0.2, 0) is 16.1 Å². The number of phenols is 1. The van der Waals surface area contributed by atoms with Crippen molar-refractivity contribution >= 4 is 11.9 Å². The summed E-state index contributed by atoms with van der Waals surface area (Å²) in [5.74, 6) is -0.852. The molecule has 1 fully saturated rings. The predicted octanol–water partition coefficient (Wildman–Crippen LogP) is 4.14. The van der Waals surface area contributed by atoms with Gasteiger partial charge in [-0.15, -0.1) is 0 Å². The number of phenolic OH excluding ortho intramolecular Hbond substituents is 1. The van der Waals surface area contributed by atoms with Gasteiger partial charge in [0.15, 0.2) is 0 Å². The zero-order valence-electron chi connectivity index (χ0n) is 19.9. The first-order valence-electron chi connectivity index (χ1n) is 11.7. The van der Waals surface area contributed by atoms with Gasteiger partial charge in [0.2, 0.25) is 5.91 Å². The Hall–Kier alpha value is -3.68. The van der Waals surface area contributed by atoms with Crippen molar-refractivity contribution in [2.75, 3.05) is 19.8 Å². The highest BCUT2D eigenvalue weighted by molar-refractivity contribution is 5.87. The molecule has 3 aromatic rings. The van der Waals surface area contributed by atoms with Gasteiger partial charge in [0.05, 0.1) is 24.8 Å². The molecule has 0 unspecified atom stereocenters. The van der Waals surface area contributed by atoms with Crippen LogP contribution in [-0.4, -0.2) is 52.8 Å². The van der Waals surface area contributed by atoms with Crippen molar-refractivity contribution in [3.63, 3.8) is 0 Å². The van der Waals surface area contributed by atoms with Gasteiger partial charge in [-0.2, -0.15) is 0 Å². The Morgan fingerprint density at radius 3 is 2.60 bits per heavy atom. The van der Waals surface area contributed by atoms with Gasteiger partial charge in [-0.05, 0) is 72.0 Å². The minimum Gasteiger partial charge on any atom is -0.508 e. The summed E-state index contributed by atoms with van der Waals surface area (Å²) in [4.78, 5) is 26.4. The third-order valence-corrected chi connectivity index (χ3v) is 6.39. The number of rotatable bonds is 7. The molecule has 182 valence electrons. The van der Waals surface area contributed by atoms with Crippen molar-refractivity contribution in [3.05, 3.63) is 89.0 Å². The largest absolute Gasteiger partial charge is 0.508 e. The summed E-state index contributed by atoms with van der Waals surface area (Å²) in [6, 6.07) is 19.4. The Labute approximate surface area is 205 Å². The summed E-state index contributed by atoms with van der Waals surface area (Å²) < 4.78 is 5.63. The second-order valence-electron chi connectivity index (χ2n) is 8.92. The molecule has 7 nitrogen and oxygen atoms in total. The Morgan fingerprint density at radius 1 is 1.11 bits per heavy atom. The predicted molar refractivity (Wildman–Crippen MR) is 133 cm³/mol. The summed E-state index contributed by atoms with van der Waals surface area (Å²) in [6.45, 7) is 5.97. The van der Waals surface area contributed by atoms with E-state index in [0.29, 0.717) is 26.3 Å². The highest BCUT2D eigenvalue weighted by Crippen LogP contribution is 2.28. The van der Waals surface area contributed by atoms with Gasteiger partial charge in [-0.25, -0.2) is 4.79 Å². The number of hydrogen-bond donors (Lipinski definition) is 3. The number of benzene rings is 3. The number of aryl methyl sites for hydroxylation is 1. The average Bonchev–Trinajstić information content (AvgIpc) is 2.84. The zero-order chi connectivity index (χ0) is 24.9. The number of carbonyl (C=O) groups excluding carboxylic acids is 1. The number of hydrogen-bond acceptors (Lipinski definition) is 5. The van der Waals surface area contributed by atoms with Gasteiger partial charge in [-0.3, -0.25) is 9.69 Å². The van der Waals surface area contributed by atoms with Crippen molar-refractivity contribution in [2.24, 2.45) is 0 Å². The van der Waals surface area contributed by atoms with E-state index in [0.717, 1.165) is 27.8 Å². The van der Waals surface area contributed by atoms with Gasteiger partial charge in [0.1, 0.15) is 11.8 Å². The number of aromatic carboxylic acids is 1. The van der Waals surface area contributed by atoms with Crippen LogP contribution < -0.4 is 5.32 Å². The topological polar surface area (TPSA) is 99.1 Å². The van der Waals surface area contributed by atoms with E-state index in [1.165, 1.54) is 0 Å². The van der Waals surface area contributed by atoms with E-state index in [1.807, 2.05) is 32.0 Å². The lowest BCUT2D eigenvalue weighted by atomic mass is 9.98. The summed E-state index contributed by atoms with van der Waals surface area (Å²) in [5.41, 5.74) is 5.26. The number of nitrogens with zero attached hydrogens (tertiary/aromatic N) is 1. The van der Waals surface area contributed by atoms with Crippen LogP contribution in [0.4, 0.5) is 0 Å². The van der Waals surface area contributed by atoms with Crippen LogP contribution in [0.1, 0.15) is 40.0 Å². The minimum atomic E-state index is -0.979. The van der Waals surface area contributed by atoms with Crippen LogP contribution in [0.15, 0.2) is 66.7 Å². The van der Waals surface area contributed by atoms with Crippen LogP contribution in [0, 0.1) is 6.92 Å². The number of carboxylic acid groups (broad SMARTS) is 1. The summed E-state index contributed by atoms with van der Waals surface area (Å²) in [7, 11) is 0. The number of nitrogens with one attached hydrogen (secondary N) is 1. The van der Waals surface area contributed by atoms with Crippen molar-refractivity contribution in [1.29, 1.82) is 0 Å². The standard InChI is InChI=1S/C28H30N2O5/c1-18-14-24(31)10-11-25(18)23-5-3-4-20(15-23)16-30-12-13-35-17-26(30)27(32)29-19(2)21-6-8-22(9-7-21)28(33)34/h3-11,14-15,19,26,31H,12-13,16-17H2,1-2H3,(H,29,32)(H,33,34)/t19-,26+/m0/s1. The Kier molecular flexibility index (Phi) is 7.48. The molecule has 1 aliphatic heterocycles. The van der Waals surface area contributed by atoms with E-state index in [9.17, 15) is 14.7 Å². The van der Waals surface area contributed by atoms with Crippen molar-refractivity contribution in [2.45, 2.75) is 32.5 Å². The van der Waals surface area contributed by atoms with Crippen LogP contribution in [0.3, 0.4) is 0 Å². The molecule has 0 aromatic heterocycles. The second-order valence-corrected chi connectivity index (χ2v) is 8.92. The lowest BCUT2D eigenvalue weighted by molar-refractivity contribution is -0.133. The fourth-order valence-corrected chi connectivity index (χ4v) is 4.42. The SMILES string of the molecule is Cc1cc(O)ccc1-c1cccc(CN2CCOC[C@@H]2C(=O)N[C@@H](C)c2ccc(C(=O)O)cc2)c1. The maximum absolute atomic E-state index is 13.2. The van der Waals surface area contributed by atoms with Crippen molar-refractivity contribution in [3.8, 4) is 16.9 Å². The third-order valence-electron chi connectivity index (χ3n) is 6.39. The molecule has 3 aromatic carbocycles. The molecule has 0 saturated carbocycles. The molecular weight excluding hydrogens is 444 g/mol. The van der Waals surface area contributed by atoms with E-state index in [4.69, 9.17) is 9.84 Å². The Morgan fingerprint density at radius 2 is 1.89 bits per heavy atom. The van der Waals surface area contributed by atoms with Gasteiger partial charge in [0.25, 0.3) is 0 Å². The van der Waals surface area contributed by atoms with E-state index in [-0.39, 0.29) is 23.3 Å². The number of ether oxygens (including phenoxy) is 1. The normalized spacial score (nSPS) is 17.0. The number of morpholine rings is 1. The number of amides is 1. The molecule has 0 spiro atoms. The van der Waals surface area contributed by atoms with E-state index in [1.54, 1.807) is 36.4 Å². The third kappa shape index (κ3) is 5.88. The molecule has 35 heavy (non-hydrogen) atoms. The molecule has 0 bridgehead atoms. The summed E-state index contributed by atoms with van der Waals surface area (Å²) in [6.07, 6.45) is 0. The minimum absolute atomic E-state index is 0.120. The molecule has 3 N–H and O–H groups in total. The van der Waals surface area contributed by atoms with Crippen molar-refractivity contribution < 1.29 is 24.5 Å². The van der Waals surface area contributed by atoms with Crippen LogP contribution in [0.25, 0.3) is 11.1 Å². The summed E-state index contributed by atoms with van der Waals surface area (Å²) >= 11 is 0. The maximum Gasteiger partial charge on any atom is 0.335 e. The molecular formula is C28H30N2O5. The number of carbonyl (C=O) groups is 2. The van der Waals surface area contributed by atoms with Crippen LogP contribution >= 0.6 is 0 Å². The highest BCUT2D eigenvalue weighted by Gasteiger charge is 2.30. The molecule has 1 heterocycles. The molecule has 4 rings (SSSR count). The maximum atomic E-state index is 13.2. The Balaban J connectivity index is 1.46. The summed E-state index contributed by atoms with van der Waals surface area (Å²) in [5, 5.41) is 21.9. The number of aromatic hydroxyl groups is 1. The fourth-order valence-electron chi connectivity index (χ4n) is 4.42. The van der Waals surface area contributed by atoms with Gasteiger partial charge < -0.3 is 20.3 Å². The van der Waals surface area contributed by atoms with Gasteiger partial charge in [-0.1, -0.05) is 36.4 Å². The quantitative estimate of drug-likeness (QED) is 0.476. The van der Waals surface area contributed by atoms with Gasteiger partial charge >= 0.3 is 5.97 Å².